The van der Waals surface area contributed by atoms with Gasteiger partial charge in [-0.25, -0.2) is 14.1 Å². The maximum absolute atomic E-state index is 13.7. The Bertz CT molecular complexity index is 747. The van der Waals surface area contributed by atoms with Crippen molar-refractivity contribution in [3.63, 3.8) is 0 Å². The molecule has 2 atom stereocenters. The summed E-state index contributed by atoms with van der Waals surface area (Å²) >= 11 is 0.972. The Hall–Kier alpha value is -1.73. The van der Waals surface area contributed by atoms with E-state index in [1.54, 1.807) is 12.1 Å². The van der Waals surface area contributed by atoms with Crippen LogP contribution in [0.25, 0.3) is 0 Å². The number of carbonyl (C=O) groups is 1. The van der Waals surface area contributed by atoms with Gasteiger partial charge in [-0.05, 0) is 54.1 Å². The Labute approximate surface area is 144 Å². The van der Waals surface area contributed by atoms with Crippen molar-refractivity contribution in [2.24, 2.45) is 11.8 Å². The fraction of sp³-hybridized carbons (Fsp3) is 0.471. The zero-order valence-electron chi connectivity index (χ0n) is 13.6. The minimum absolute atomic E-state index is 0.0568. The van der Waals surface area contributed by atoms with Crippen molar-refractivity contribution in [1.29, 1.82) is 0 Å². The third-order valence-corrected chi connectivity index (χ3v) is 5.40. The monoisotopic (exact) mass is 349 g/mol. The zero-order valence-corrected chi connectivity index (χ0v) is 14.5. The number of hydrogen-bond acceptors (Lipinski definition) is 5. The third-order valence-electron chi connectivity index (χ3n) is 4.61. The van der Waals surface area contributed by atoms with Crippen molar-refractivity contribution in [1.82, 2.24) is 14.8 Å². The number of nitrogens with zero attached hydrogens (tertiary/aromatic N) is 3. The fourth-order valence-corrected chi connectivity index (χ4v) is 3.61. The number of rotatable bonds is 6. The van der Waals surface area contributed by atoms with Crippen molar-refractivity contribution in [3.05, 3.63) is 42.0 Å². The van der Waals surface area contributed by atoms with Gasteiger partial charge in [0.25, 0.3) is 0 Å². The van der Waals surface area contributed by atoms with Crippen LogP contribution in [0.2, 0.25) is 0 Å². The number of thioether (sulfide) groups is 1. The molecule has 0 aliphatic heterocycles. The number of halogens is 1. The summed E-state index contributed by atoms with van der Waals surface area (Å²) in [6.45, 7) is 3.57. The minimum Gasteiger partial charge on any atom is -0.383 e. The predicted molar refractivity (Wildman–Crippen MR) is 88.7 cm³/mol. The lowest BCUT2D eigenvalue weighted by Crippen LogP contribution is -2.40. The molecule has 1 saturated carbocycles. The van der Waals surface area contributed by atoms with Crippen LogP contribution in [0.3, 0.4) is 0 Å². The maximum Gasteiger partial charge on any atom is 0.193 e. The van der Waals surface area contributed by atoms with Gasteiger partial charge in [0, 0.05) is 6.92 Å². The Morgan fingerprint density at radius 3 is 2.92 bits per heavy atom. The molecule has 1 heterocycles. The summed E-state index contributed by atoms with van der Waals surface area (Å²) in [4.78, 5) is 15.4. The largest absolute Gasteiger partial charge is 0.383 e. The maximum atomic E-state index is 13.7. The van der Waals surface area contributed by atoms with E-state index in [1.165, 1.54) is 30.1 Å². The fourth-order valence-electron chi connectivity index (χ4n) is 3.04. The van der Waals surface area contributed by atoms with E-state index in [4.69, 9.17) is 0 Å². The molecule has 0 bridgehead atoms. The quantitative estimate of drug-likeness (QED) is 0.812. The van der Waals surface area contributed by atoms with Crippen LogP contribution >= 0.6 is 11.8 Å². The lowest BCUT2D eigenvalue weighted by atomic mass is 9.79. The molecule has 3 rings (SSSR count). The molecule has 0 radical (unpaired) electrons. The van der Waals surface area contributed by atoms with Crippen molar-refractivity contribution in [2.75, 3.05) is 0 Å². The van der Waals surface area contributed by atoms with E-state index in [9.17, 15) is 14.3 Å². The minimum atomic E-state index is -1.27. The first-order valence-electron chi connectivity index (χ1n) is 7.95. The summed E-state index contributed by atoms with van der Waals surface area (Å²) in [6, 6.07) is 6.06. The topological polar surface area (TPSA) is 68.0 Å². The van der Waals surface area contributed by atoms with Gasteiger partial charge in [0.2, 0.25) is 0 Å². The van der Waals surface area contributed by atoms with Crippen molar-refractivity contribution >= 4 is 16.9 Å². The van der Waals surface area contributed by atoms with Crippen LogP contribution in [0.15, 0.2) is 35.7 Å². The first kappa shape index (κ1) is 17.1. The average molecular weight is 349 g/mol. The summed E-state index contributed by atoms with van der Waals surface area (Å²) in [5.74, 6) is -0.0322. The van der Waals surface area contributed by atoms with Crippen molar-refractivity contribution in [3.8, 4) is 0 Å². The highest BCUT2D eigenvalue weighted by atomic mass is 32.2. The Morgan fingerprint density at radius 1 is 1.54 bits per heavy atom. The summed E-state index contributed by atoms with van der Waals surface area (Å²) < 4.78 is 15.2. The number of carbonyl (C=O) groups excluding carboxylic acids is 1. The molecule has 24 heavy (non-hydrogen) atoms. The Morgan fingerprint density at radius 2 is 2.29 bits per heavy atom. The van der Waals surface area contributed by atoms with E-state index in [1.807, 2.05) is 6.92 Å². The average Bonchev–Trinajstić information content (AvgIpc) is 3.29. The zero-order chi connectivity index (χ0) is 17.3. The molecule has 7 heteroatoms. The smallest absolute Gasteiger partial charge is 0.193 e. The van der Waals surface area contributed by atoms with E-state index >= 15 is 0 Å². The second-order valence-corrected chi connectivity index (χ2v) is 7.50. The molecule has 1 aromatic heterocycles. The molecule has 1 aromatic carbocycles. The molecule has 0 saturated heterocycles. The van der Waals surface area contributed by atoms with Crippen LogP contribution < -0.4 is 0 Å². The molecule has 1 fully saturated rings. The first-order valence-corrected chi connectivity index (χ1v) is 8.76. The molecule has 2 unspecified atom stereocenters. The van der Waals surface area contributed by atoms with Gasteiger partial charge in [0.05, 0.1) is 6.54 Å². The van der Waals surface area contributed by atoms with E-state index in [0.29, 0.717) is 16.6 Å². The third kappa shape index (κ3) is 3.52. The summed E-state index contributed by atoms with van der Waals surface area (Å²) in [5.41, 5.74) is -0.751. The summed E-state index contributed by atoms with van der Waals surface area (Å²) in [7, 11) is 0. The summed E-state index contributed by atoms with van der Waals surface area (Å²) in [5, 5.41) is 15.9. The molecule has 0 amide bonds. The van der Waals surface area contributed by atoms with Crippen molar-refractivity contribution < 1.29 is 14.3 Å². The van der Waals surface area contributed by atoms with E-state index in [0.717, 1.165) is 24.6 Å². The molecule has 1 N–H and O–H groups in total. The highest BCUT2D eigenvalue weighted by molar-refractivity contribution is 8.13. The SMILES string of the molecule is CC(=O)Sc1ncnn1CC(O)(c1cccc(F)c1)C(C)C1CC1. The van der Waals surface area contributed by atoms with Gasteiger partial charge >= 0.3 is 0 Å². The van der Waals surface area contributed by atoms with Crippen molar-refractivity contribution in [2.45, 2.75) is 44.0 Å². The van der Waals surface area contributed by atoms with Gasteiger partial charge < -0.3 is 5.11 Å². The van der Waals surface area contributed by atoms with Crippen LogP contribution in [-0.2, 0) is 16.9 Å². The van der Waals surface area contributed by atoms with Crippen LogP contribution in [0, 0.1) is 17.7 Å². The molecule has 128 valence electrons. The van der Waals surface area contributed by atoms with Crippen LogP contribution in [-0.4, -0.2) is 25.0 Å². The molecule has 2 aromatic rings. The van der Waals surface area contributed by atoms with E-state index < -0.39 is 5.60 Å². The van der Waals surface area contributed by atoms with Gasteiger partial charge in [-0.15, -0.1) is 0 Å². The van der Waals surface area contributed by atoms with Crippen LogP contribution in [0.1, 0.15) is 32.3 Å². The van der Waals surface area contributed by atoms with Gasteiger partial charge in [-0.3, -0.25) is 4.79 Å². The molecule has 1 aliphatic rings. The molecular weight excluding hydrogens is 329 g/mol. The second-order valence-electron chi connectivity index (χ2n) is 6.35. The highest BCUT2D eigenvalue weighted by Crippen LogP contribution is 2.46. The van der Waals surface area contributed by atoms with Crippen LogP contribution in [0.5, 0.6) is 0 Å². The lowest BCUT2D eigenvalue weighted by Gasteiger charge is -2.35. The Balaban J connectivity index is 1.96. The molecule has 1 aliphatic carbocycles. The lowest BCUT2D eigenvalue weighted by molar-refractivity contribution is -0.109. The summed E-state index contributed by atoms with van der Waals surface area (Å²) in [6.07, 6.45) is 3.48. The highest BCUT2D eigenvalue weighted by Gasteiger charge is 2.45. The molecule has 0 spiro atoms. The van der Waals surface area contributed by atoms with E-state index in [2.05, 4.69) is 10.1 Å². The number of benzene rings is 1. The van der Waals surface area contributed by atoms with Gasteiger partial charge in [0.1, 0.15) is 17.7 Å². The first-order chi connectivity index (χ1) is 11.4. The van der Waals surface area contributed by atoms with E-state index in [-0.39, 0.29) is 23.4 Å². The van der Waals surface area contributed by atoms with Gasteiger partial charge in [0.15, 0.2) is 10.3 Å². The second kappa shape index (κ2) is 6.64. The number of aromatic nitrogens is 3. The van der Waals surface area contributed by atoms with Gasteiger partial charge in [-0.1, -0.05) is 19.1 Å². The van der Waals surface area contributed by atoms with Crippen LogP contribution in [0.4, 0.5) is 4.39 Å². The Kier molecular flexibility index (Phi) is 4.73. The standard InChI is InChI=1S/C17H20FN3O2S/c1-11(13-6-7-13)17(23,14-4-3-5-15(18)8-14)9-21-16(19-10-20-21)24-12(2)22/h3-5,8,10-11,13,23H,6-7,9H2,1-2H3. The molecular formula is C17H20FN3O2S. The van der Waals surface area contributed by atoms with Gasteiger partial charge in [-0.2, -0.15) is 5.10 Å². The molecule has 5 nitrogen and oxygen atoms in total. The number of aliphatic hydroxyl groups is 1. The number of hydrogen-bond donors (Lipinski definition) is 1. The normalized spacial score (nSPS) is 18.2. The predicted octanol–water partition coefficient (Wildman–Crippen LogP) is 2.99.